The summed E-state index contributed by atoms with van der Waals surface area (Å²) in [5.74, 6) is 0.691. The van der Waals surface area contributed by atoms with E-state index in [9.17, 15) is 9.59 Å². The number of aromatic amines is 1. The molecule has 0 radical (unpaired) electrons. The van der Waals surface area contributed by atoms with Crippen molar-refractivity contribution in [2.24, 2.45) is 0 Å². The third-order valence-electron chi connectivity index (χ3n) is 3.28. The molecule has 0 unspecified atom stereocenters. The van der Waals surface area contributed by atoms with Gasteiger partial charge in [0, 0.05) is 23.9 Å². The number of rotatable bonds is 5. The van der Waals surface area contributed by atoms with E-state index in [0.717, 1.165) is 5.56 Å². The van der Waals surface area contributed by atoms with Gasteiger partial charge in [0.2, 0.25) is 5.56 Å². The Morgan fingerprint density at radius 3 is 2.88 bits per heavy atom. The van der Waals surface area contributed by atoms with E-state index in [1.54, 1.807) is 13.2 Å². The monoisotopic (exact) mass is 326 g/mol. The van der Waals surface area contributed by atoms with Gasteiger partial charge < -0.3 is 19.0 Å². The summed E-state index contributed by atoms with van der Waals surface area (Å²) in [6, 6.07) is 11.7. The van der Waals surface area contributed by atoms with Gasteiger partial charge in [0.1, 0.15) is 18.1 Å². The highest BCUT2D eigenvalue weighted by Crippen LogP contribution is 2.24. The average molecular weight is 326 g/mol. The van der Waals surface area contributed by atoms with E-state index in [2.05, 4.69) is 10.1 Å². The first kappa shape index (κ1) is 15.5. The van der Waals surface area contributed by atoms with E-state index < -0.39 is 5.97 Å². The molecule has 0 aliphatic heterocycles. The Hall–Kier alpha value is -3.35. The third-order valence-corrected chi connectivity index (χ3v) is 3.28. The standard InChI is InChI=1S/C17H14N2O5/c1-22-14-4-2-3-11(7-14)15-8-13(19-24-15)10-23-17(21)12-5-6-16(20)18-9-12/h2-9H,10H2,1H3,(H,18,20). The van der Waals surface area contributed by atoms with Crippen LogP contribution < -0.4 is 10.3 Å². The van der Waals surface area contributed by atoms with E-state index >= 15 is 0 Å². The van der Waals surface area contributed by atoms with Crippen LogP contribution in [-0.2, 0) is 11.3 Å². The number of H-pyrrole nitrogens is 1. The number of nitrogens with zero attached hydrogens (tertiary/aromatic N) is 1. The van der Waals surface area contributed by atoms with Crippen molar-refractivity contribution in [3.63, 3.8) is 0 Å². The number of pyridine rings is 1. The number of methoxy groups -OCH3 is 1. The number of aromatic nitrogens is 2. The van der Waals surface area contributed by atoms with Crippen LogP contribution in [-0.4, -0.2) is 23.2 Å². The summed E-state index contributed by atoms with van der Waals surface area (Å²) in [4.78, 5) is 25.3. The van der Waals surface area contributed by atoms with Gasteiger partial charge in [0.15, 0.2) is 5.76 Å². The Bertz CT molecular complexity index is 893. The van der Waals surface area contributed by atoms with Gasteiger partial charge in [-0.3, -0.25) is 4.79 Å². The van der Waals surface area contributed by atoms with Crippen LogP contribution in [0.3, 0.4) is 0 Å². The molecule has 0 saturated heterocycles. The Balaban J connectivity index is 1.66. The summed E-state index contributed by atoms with van der Waals surface area (Å²) >= 11 is 0. The predicted molar refractivity (Wildman–Crippen MR) is 84.7 cm³/mol. The minimum atomic E-state index is -0.558. The zero-order chi connectivity index (χ0) is 16.9. The quantitative estimate of drug-likeness (QED) is 0.724. The molecule has 1 aromatic carbocycles. The molecule has 24 heavy (non-hydrogen) atoms. The minimum absolute atomic E-state index is 0.0363. The topological polar surface area (TPSA) is 94.4 Å². The second kappa shape index (κ2) is 6.82. The maximum Gasteiger partial charge on any atom is 0.340 e. The zero-order valence-electron chi connectivity index (χ0n) is 12.8. The number of nitrogens with one attached hydrogen (secondary N) is 1. The molecule has 3 rings (SSSR count). The minimum Gasteiger partial charge on any atom is -0.497 e. The van der Waals surface area contributed by atoms with Crippen molar-refractivity contribution >= 4 is 5.97 Å². The van der Waals surface area contributed by atoms with Crippen molar-refractivity contribution in [2.45, 2.75) is 6.61 Å². The zero-order valence-corrected chi connectivity index (χ0v) is 12.8. The first-order valence-corrected chi connectivity index (χ1v) is 7.11. The largest absolute Gasteiger partial charge is 0.497 e. The summed E-state index contributed by atoms with van der Waals surface area (Å²) in [7, 11) is 1.58. The van der Waals surface area contributed by atoms with E-state index in [4.69, 9.17) is 14.0 Å². The summed E-state index contributed by atoms with van der Waals surface area (Å²) in [6.07, 6.45) is 1.30. The first-order chi connectivity index (χ1) is 11.7. The van der Waals surface area contributed by atoms with Gasteiger partial charge in [-0.05, 0) is 18.2 Å². The van der Waals surface area contributed by atoms with Crippen molar-refractivity contribution < 1.29 is 18.8 Å². The van der Waals surface area contributed by atoms with Crippen molar-refractivity contribution in [3.05, 3.63) is 70.3 Å². The van der Waals surface area contributed by atoms with Gasteiger partial charge in [-0.2, -0.15) is 0 Å². The van der Waals surface area contributed by atoms with Crippen molar-refractivity contribution in [1.29, 1.82) is 0 Å². The number of benzene rings is 1. The van der Waals surface area contributed by atoms with Gasteiger partial charge in [-0.15, -0.1) is 0 Å². The number of ether oxygens (including phenoxy) is 2. The fourth-order valence-corrected chi connectivity index (χ4v) is 2.05. The molecule has 0 bridgehead atoms. The lowest BCUT2D eigenvalue weighted by molar-refractivity contribution is 0.0464. The molecule has 0 aliphatic rings. The fourth-order valence-electron chi connectivity index (χ4n) is 2.05. The lowest BCUT2D eigenvalue weighted by Gasteiger charge is -2.01. The molecular formula is C17H14N2O5. The molecule has 7 nitrogen and oxygen atoms in total. The number of hydrogen-bond acceptors (Lipinski definition) is 6. The van der Waals surface area contributed by atoms with Crippen LogP contribution in [0.5, 0.6) is 5.75 Å². The predicted octanol–water partition coefficient (Wildman–Crippen LogP) is 2.40. The Kier molecular flexibility index (Phi) is 4.42. The molecular weight excluding hydrogens is 312 g/mol. The van der Waals surface area contributed by atoms with E-state index in [-0.39, 0.29) is 17.7 Å². The number of esters is 1. The highest BCUT2D eigenvalue weighted by Gasteiger charge is 2.11. The molecule has 1 N–H and O–H groups in total. The van der Waals surface area contributed by atoms with Crippen molar-refractivity contribution in [3.8, 4) is 17.1 Å². The summed E-state index contributed by atoms with van der Waals surface area (Å²) < 4.78 is 15.6. The second-order valence-corrected chi connectivity index (χ2v) is 4.93. The second-order valence-electron chi connectivity index (χ2n) is 4.93. The molecule has 122 valence electrons. The summed E-state index contributed by atoms with van der Waals surface area (Å²) in [5, 5.41) is 3.88. The van der Waals surface area contributed by atoms with E-state index in [1.807, 2.05) is 24.3 Å². The van der Waals surface area contributed by atoms with Crippen LogP contribution in [0.2, 0.25) is 0 Å². The van der Waals surface area contributed by atoms with Gasteiger partial charge in [-0.25, -0.2) is 4.79 Å². The number of hydrogen-bond donors (Lipinski definition) is 1. The van der Waals surface area contributed by atoms with Gasteiger partial charge >= 0.3 is 5.97 Å². The average Bonchev–Trinajstić information content (AvgIpc) is 3.09. The molecule has 0 aliphatic carbocycles. The van der Waals surface area contributed by atoms with Crippen molar-refractivity contribution in [1.82, 2.24) is 10.1 Å². The third kappa shape index (κ3) is 3.52. The molecule has 0 saturated carbocycles. The van der Waals surface area contributed by atoms with Gasteiger partial charge in [-0.1, -0.05) is 17.3 Å². The molecule has 3 aromatic rings. The SMILES string of the molecule is COc1cccc(-c2cc(COC(=O)c3ccc(=O)[nH]c3)no2)c1. The van der Waals surface area contributed by atoms with Crippen molar-refractivity contribution in [2.75, 3.05) is 7.11 Å². The molecule has 0 atom stereocenters. The maximum absolute atomic E-state index is 11.9. The molecule has 0 amide bonds. The highest BCUT2D eigenvalue weighted by molar-refractivity contribution is 5.88. The maximum atomic E-state index is 11.9. The number of carbonyl (C=O) groups excluding carboxylic acids is 1. The van der Waals surface area contributed by atoms with Crippen LogP contribution >= 0.6 is 0 Å². The molecule has 2 aromatic heterocycles. The molecule has 0 fully saturated rings. The van der Waals surface area contributed by atoms with Crippen LogP contribution in [0.25, 0.3) is 11.3 Å². The van der Waals surface area contributed by atoms with Crippen LogP contribution in [0, 0.1) is 0 Å². The van der Waals surface area contributed by atoms with Crippen LogP contribution in [0.1, 0.15) is 16.1 Å². The first-order valence-electron chi connectivity index (χ1n) is 7.11. The smallest absolute Gasteiger partial charge is 0.340 e. The molecule has 0 spiro atoms. The normalized spacial score (nSPS) is 10.4. The molecule has 7 heteroatoms. The van der Waals surface area contributed by atoms with Crippen LogP contribution in [0.4, 0.5) is 0 Å². The number of carbonyl (C=O) groups is 1. The van der Waals surface area contributed by atoms with E-state index in [0.29, 0.717) is 17.2 Å². The Labute approximate surface area is 136 Å². The van der Waals surface area contributed by atoms with Gasteiger partial charge in [0.25, 0.3) is 0 Å². The molecule has 2 heterocycles. The summed E-state index contributed by atoms with van der Waals surface area (Å²) in [5.41, 5.74) is 1.25. The Morgan fingerprint density at radius 1 is 1.25 bits per heavy atom. The lowest BCUT2D eigenvalue weighted by atomic mass is 10.1. The Morgan fingerprint density at radius 2 is 2.12 bits per heavy atom. The van der Waals surface area contributed by atoms with Crippen LogP contribution in [0.15, 0.2) is 58.0 Å². The van der Waals surface area contributed by atoms with Gasteiger partial charge in [0.05, 0.1) is 12.7 Å². The summed E-state index contributed by atoms with van der Waals surface area (Å²) in [6.45, 7) is -0.0363. The van der Waals surface area contributed by atoms with E-state index in [1.165, 1.54) is 18.3 Å². The lowest BCUT2D eigenvalue weighted by Crippen LogP contribution is -2.09. The fraction of sp³-hybridized carbons (Fsp3) is 0.118. The highest BCUT2D eigenvalue weighted by atomic mass is 16.5.